The first kappa shape index (κ1) is 20.8. The highest BCUT2D eigenvalue weighted by Gasteiger charge is 2.21. The fourth-order valence-corrected chi connectivity index (χ4v) is 4.15. The molecule has 2 aromatic carbocycles. The van der Waals surface area contributed by atoms with Crippen LogP contribution in [-0.2, 0) is 19.6 Å². The van der Waals surface area contributed by atoms with Gasteiger partial charge in [-0.25, -0.2) is 12.8 Å². The van der Waals surface area contributed by atoms with Crippen molar-refractivity contribution in [2.24, 2.45) is 0 Å². The fourth-order valence-electron chi connectivity index (χ4n) is 3.07. The number of likely N-dealkylation sites (tertiary alicyclic amines) is 1. The van der Waals surface area contributed by atoms with E-state index in [1.807, 2.05) is 0 Å². The third-order valence-corrected chi connectivity index (χ3v) is 5.96. The van der Waals surface area contributed by atoms with Crippen LogP contribution in [0.25, 0.3) is 0 Å². The molecule has 0 radical (unpaired) electrons. The van der Waals surface area contributed by atoms with Crippen LogP contribution in [0.5, 0.6) is 0 Å². The Morgan fingerprint density at radius 2 is 1.69 bits per heavy atom. The molecule has 1 aliphatic rings. The third-order valence-electron chi connectivity index (χ3n) is 4.58. The molecule has 0 unspecified atom stereocenters. The van der Waals surface area contributed by atoms with E-state index in [2.05, 4.69) is 10.0 Å². The summed E-state index contributed by atoms with van der Waals surface area (Å²) in [7, 11) is -3.96. The monoisotopic (exact) mass is 419 g/mol. The predicted octanol–water partition coefficient (Wildman–Crippen LogP) is 2.97. The summed E-state index contributed by atoms with van der Waals surface area (Å²) in [5.41, 5.74) is 0.442. The highest BCUT2D eigenvalue weighted by Crippen LogP contribution is 2.24. The van der Waals surface area contributed by atoms with Crippen molar-refractivity contribution < 1.29 is 22.4 Å². The first-order valence-electron chi connectivity index (χ1n) is 9.30. The van der Waals surface area contributed by atoms with Gasteiger partial charge in [0, 0.05) is 13.0 Å². The maximum absolute atomic E-state index is 13.1. The van der Waals surface area contributed by atoms with E-state index < -0.39 is 21.7 Å². The number of nitrogens with zero attached hydrogens (tertiary/aromatic N) is 1. The Labute approximate surface area is 169 Å². The van der Waals surface area contributed by atoms with Crippen LogP contribution in [0.2, 0.25) is 0 Å². The summed E-state index contributed by atoms with van der Waals surface area (Å²) in [5.74, 6) is -1.00. The molecule has 0 aliphatic carbocycles. The van der Waals surface area contributed by atoms with Crippen molar-refractivity contribution in [3.63, 3.8) is 0 Å². The van der Waals surface area contributed by atoms with Crippen molar-refractivity contribution >= 4 is 33.2 Å². The molecule has 0 bridgehead atoms. The minimum atomic E-state index is -3.96. The van der Waals surface area contributed by atoms with Gasteiger partial charge in [0.15, 0.2) is 0 Å². The van der Waals surface area contributed by atoms with E-state index in [0.29, 0.717) is 13.0 Å². The standard InChI is InChI=1S/C20H22FN3O4S/c21-15-9-11-16(12-10-15)29(27,28)23-18-7-4-3-6-17(18)22-19(25)14-24-13-5-1-2-8-20(24)26/h3-4,6-7,9-12,23H,1-2,5,8,13-14H2,(H,22,25). The van der Waals surface area contributed by atoms with Gasteiger partial charge in [-0.1, -0.05) is 18.6 Å². The van der Waals surface area contributed by atoms with Gasteiger partial charge in [-0.05, 0) is 49.2 Å². The van der Waals surface area contributed by atoms with E-state index in [1.165, 1.54) is 11.0 Å². The molecule has 154 valence electrons. The number of carbonyl (C=O) groups excluding carboxylic acids is 2. The van der Waals surface area contributed by atoms with Crippen molar-refractivity contribution in [2.75, 3.05) is 23.1 Å². The van der Waals surface area contributed by atoms with Gasteiger partial charge >= 0.3 is 0 Å². The van der Waals surface area contributed by atoms with Crippen LogP contribution in [0.1, 0.15) is 25.7 Å². The molecule has 0 saturated carbocycles. The van der Waals surface area contributed by atoms with Crippen LogP contribution in [0.3, 0.4) is 0 Å². The summed E-state index contributed by atoms with van der Waals surface area (Å²) in [6, 6.07) is 10.8. The van der Waals surface area contributed by atoms with E-state index in [9.17, 15) is 22.4 Å². The van der Waals surface area contributed by atoms with E-state index in [0.717, 1.165) is 43.5 Å². The summed E-state index contributed by atoms with van der Waals surface area (Å²) in [5, 5.41) is 2.66. The lowest BCUT2D eigenvalue weighted by atomic mass is 10.2. The lowest BCUT2D eigenvalue weighted by Gasteiger charge is -2.20. The number of nitrogens with one attached hydrogen (secondary N) is 2. The van der Waals surface area contributed by atoms with Crippen molar-refractivity contribution in [3.05, 3.63) is 54.3 Å². The van der Waals surface area contributed by atoms with Crippen LogP contribution >= 0.6 is 0 Å². The smallest absolute Gasteiger partial charge is 0.261 e. The highest BCUT2D eigenvalue weighted by atomic mass is 32.2. The molecule has 1 aliphatic heterocycles. The lowest BCUT2D eigenvalue weighted by molar-refractivity contribution is -0.134. The van der Waals surface area contributed by atoms with Gasteiger partial charge in [0.1, 0.15) is 5.82 Å². The second-order valence-corrected chi connectivity index (χ2v) is 8.46. The van der Waals surface area contributed by atoms with E-state index in [1.54, 1.807) is 18.2 Å². The second-order valence-electron chi connectivity index (χ2n) is 6.78. The maximum atomic E-state index is 13.1. The number of hydrogen-bond acceptors (Lipinski definition) is 4. The molecule has 7 nitrogen and oxygen atoms in total. The zero-order valence-electron chi connectivity index (χ0n) is 15.7. The molecule has 0 atom stereocenters. The number of halogens is 1. The van der Waals surface area contributed by atoms with Crippen LogP contribution in [-0.4, -0.2) is 38.2 Å². The number of hydrogen-bond donors (Lipinski definition) is 2. The van der Waals surface area contributed by atoms with Crippen LogP contribution < -0.4 is 10.0 Å². The number of anilines is 2. The fraction of sp³-hybridized carbons (Fsp3) is 0.300. The molecular weight excluding hydrogens is 397 g/mol. The SMILES string of the molecule is O=C(CN1CCCCCC1=O)Nc1ccccc1NS(=O)(=O)c1ccc(F)cc1. The molecule has 1 heterocycles. The van der Waals surface area contributed by atoms with Gasteiger partial charge < -0.3 is 10.2 Å². The molecule has 0 aromatic heterocycles. The maximum Gasteiger partial charge on any atom is 0.261 e. The summed E-state index contributed by atoms with van der Waals surface area (Å²) in [6.07, 6.45) is 3.07. The molecular formula is C20H22FN3O4S. The largest absolute Gasteiger partial charge is 0.333 e. The molecule has 1 fully saturated rings. The number of amides is 2. The van der Waals surface area contributed by atoms with Crippen LogP contribution in [0, 0.1) is 5.82 Å². The highest BCUT2D eigenvalue weighted by molar-refractivity contribution is 7.92. The van der Waals surface area contributed by atoms with Gasteiger partial charge in [-0.15, -0.1) is 0 Å². The normalized spacial score (nSPS) is 14.9. The third kappa shape index (κ3) is 5.54. The van der Waals surface area contributed by atoms with Crippen LogP contribution in [0.4, 0.5) is 15.8 Å². The molecule has 3 rings (SSSR count). The van der Waals surface area contributed by atoms with Crippen molar-refractivity contribution in [1.82, 2.24) is 4.90 Å². The zero-order chi connectivity index (χ0) is 20.9. The molecule has 29 heavy (non-hydrogen) atoms. The van der Waals surface area contributed by atoms with E-state index >= 15 is 0 Å². The van der Waals surface area contributed by atoms with E-state index in [4.69, 9.17) is 0 Å². The first-order chi connectivity index (χ1) is 13.8. The first-order valence-corrected chi connectivity index (χ1v) is 10.8. The Hall–Kier alpha value is -2.94. The van der Waals surface area contributed by atoms with Gasteiger partial charge in [0.2, 0.25) is 11.8 Å². The van der Waals surface area contributed by atoms with Crippen molar-refractivity contribution in [1.29, 1.82) is 0 Å². The summed E-state index contributed by atoms with van der Waals surface area (Å²) >= 11 is 0. The van der Waals surface area contributed by atoms with Gasteiger partial charge in [0.05, 0.1) is 22.8 Å². The average molecular weight is 419 g/mol. The topological polar surface area (TPSA) is 95.6 Å². The van der Waals surface area contributed by atoms with Crippen molar-refractivity contribution in [2.45, 2.75) is 30.6 Å². The Morgan fingerprint density at radius 1 is 1.00 bits per heavy atom. The van der Waals surface area contributed by atoms with Gasteiger partial charge in [-0.3, -0.25) is 14.3 Å². The minimum absolute atomic E-state index is 0.0528. The lowest BCUT2D eigenvalue weighted by Crippen LogP contribution is -2.37. The molecule has 2 aromatic rings. The number of sulfonamides is 1. The Morgan fingerprint density at radius 3 is 2.41 bits per heavy atom. The Balaban J connectivity index is 1.72. The number of carbonyl (C=O) groups is 2. The molecule has 2 amide bonds. The molecule has 2 N–H and O–H groups in total. The van der Waals surface area contributed by atoms with Crippen LogP contribution in [0.15, 0.2) is 53.4 Å². The van der Waals surface area contributed by atoms with E-state index in [-0.39, 0.29) is 28.7 Å². The molecule has 1 saturated heterocycles. The number of rotatable bonds is 6. The summed E-state index contributed by atoms with van der Waals surface area (Å²) in [4.78, 5) is 25.9. The minimum Gasteiger partial charge on any atom is -0.333 e. The van der Waals surface area contributed by atoms with Crippen molar-refractivity contribution in [3.8, 4) is 0 Å². The predicted molar refractivity (Wildman–Crippen MR) is 107 cm³/mol. The summed E-state index contributed by atoms with van der Waals surface area (Å²) in [6.45, 7) is 0.447. The zero-order valence-corrected chi connectivity index (χ0v) is 16.5. The number of benzene rings is 2. The Kier molecular flexibility index (Phi) is 6.48. The second kappa shape index (κ2) is 9.04. The molecule has 9 heteroatoms. The Bertz CT molecular complexity index is 993. The van der Waals surface area contributed by atoms with Gasteiger partial charge in [-0.2, -0.15) is 0 Å². The van der Waals surface area contributed by atoms with Gasteiger partial charge in [0.25, 0.3) is 10.0 Å². The number of para-hydroxylation sites is 2. The summed E-state index contributed by atoms with van der Waals surface area (Å²) < 4.78 is 40.6. The quantitative estimate of drug-likeness (QED) is 0.753. The molecule has 0 spiro atoms. The average Bonchev–Trinajstić information content (AvgIpc) is 2.88.